The van der Waals surface area contributed by atoms with Crippen molar-refractivity contribution in [3.05, 3.63) is 135 Å². The number of carbonyl (C=O) groups is 2. The van der Waals surface area contributed by atoms with E-state index in [2.05, 4.69) is 73.3 Å². The Bertz CT molecular complexity index is 1670. The van der Waals surface area contributed by atoms with Gasteiger partial charge in [0.25, 0.3) is 5.91 Å². The highest BCUT2D eigenvalue weighted by atomic mass is 32.2. The number of hydrogen-bond acceptors (Lipinski definition) is 4. The lowest BCUT2D eigenvalue weighted by molar-refractivity contribution is -0.114. The minimum atomic E-state index is 0.00357. The monoisotopic (exact) mass is 614 g/mol. The number of amides is 1. The summed E-state index contributed by atoms with van der Waals surface area (Å²) in [6.07, 6.45) is 7.03. The summed E-state index contributed by atoms with van der Waals surface area (Å²) in [4.78, 5) is 33.0. The molecule has 1 saturated heterocycles. The van der Waals surface area contributed by atoms with Gasteiger partial charge >= 0.3 is 0 Å². The first-order valence-corrected chi connectivity index (χ1v) is 17.0. The van der Waals surface area contributed by atoms with Crippen LogP contribution in [0, 0.1) is 19.8 Å². The predicted octanol–water partition coefficient (Wildman–Crippen LogP) is 8.90. The Morgan fingerprint density at radius 1 is 0.889 bits per heavy atom. The molecular formula is C40H42N2O2S. The third kappa shape index (κ3) is 7.84. The van der Waals surface area contributed by atoms with Gasteiger partial charge in [-0.1, -0.05) is 102 Å². The Balaban J connectivity index is 1.04. The van der Waals surface area contributed by atoms with Gasteiger partial charge in [0, 0.05) is 16.9 Å². The maximum atomic E-state index is 13.8. The van der Waals surface area contributed by atoms with Crippen LogP contribution < -0.4 is 4.90 Å². The molecule has 2 aliphatic heterocycles. The van der Waals surface area contributed by atoms with Crippen LogP contribution in [0.3, 0.4) is 0 Å². The van der Waals surface area contributed by atoms with Crippen molar-refractivity contribution in [2.75, 3.05) is 24.5 Å². The number of ketones is 1. The molecule has 4 nitrogen and oxygen atoms in total. The average molecular weight is 615 g/mol. The second-order valence-corrected chi connectivity index (χ2v) is 13.6. The van der Waals surface area contributed by atoms with Crippen LogP contribution in [0.5, 0.6) is 0 Å². The topological polar surface area (TPSA) is 40.6 Å². The number of likely N-dealkylation sites (tertiary alicyclic amines) is 1. The number of benzene rings is 4. The van der Waals surface area contributed by atoms with Gasteiger partial charge in [-0.05, 0) is 106 Å². The number of nitrogens with zero attached hydrogens (tertiary/aromatic N) is 2. The van der Waals surface area contributed by atoms with Crippen molar-refractivity contribution >= 4 is 35.2 Å². The van der Waals surface area contributed by atoms with E-state index in [4.69, 9.17) is 0 Å². The predicted molar refractivity (Wildman–Crippen MR) is 187 cm³/mol. The van der Waals surface area contributed by atoms with Crippen molar-refractivity contribution in [1.29, 1.82) is 0 Å². The zero-order valence-corrected chi connectivity index (χ0v) is 27.2. The first-order valence-electron chi connectivity index (χ1n) is 16.2. The van der Waals surface area contributed by atoms with E-state index in [1.165, 1.54) is 47.7 Å². The molecule has 5 heteroatoms. The Morgan fingerprint density at radius 2 is 1.62 bits per heavy atom. The molecule has 2 heterocycles. The number of thioether (sulfide) groups is 1. The summed E-state index contributed by atoms with van der Waals surface area (Å²) in [7, 11) is 0. The first-order chi connectivity index (χ1) is 21.9. The van der Waals surface area contributed by atoms with Crippen molar-refractivity contribution in [2.24, 2.45) is 5.92 Å². The number of para-hydroxylation sites is 1. The molecule has 0 bridgehead atoms. The molecule has 6 rings (SSSR count). The van der Waals surface area contributed by atoms with E-state index in [0.717, 1.165) is 59.2 Å². The van der Waals surface area contributed by atoms with E-state index in [1.807, 2.05) is 53.4 Å². The second kappa shape index (κ2) is 14.4. The summed E-state index contributed by atoms with van der Waals surface area (Å²) < 4.78 is 0. The van der Waals surface area contributed by atoms with Crippen molar-refractivity contribution in [3.8, 4) is 0 Å². The van der Waals surface area contributed by atoms with Crippen LogP contribution in [0.2, 0.25) is 0 Å². The molecule has 45 heavy (non-hydrogen) atoms. The highest BCUT2D eigenvalue weighted by Gasteiger charge is 2.29. The summed E-state index contributed by atoms with van der Waals surface area (Å²) in [6.45, 7) is 7.94. The first kappa shape index (κ1) is 31.1. The number of carbonyl (C=O) groups excluding carboxylic acids is 2. The van der Waals surface area contributed by atoms with Crippen molar-refractivity contribution in [2.45, 2.75) is 57.4 Å². The van der Waals surface area contributed by atoms with E-state index in [0.29, 0.717) is 17.9 Å². The van der Waals surface area contributed by atoms with Gasteiger partial charge in [0.1, 0.15) is 0 Å². The van der Waals surface area contributed by atoms with Gasteiger partial charge in [-0.15, -0.1) is 0 Å². The maximum absolute atomic E-state index is 13.8. The third-order valence-corrected chi connectivity index (χ3v) is 10.2. The summed E-state index contributed by atoms with van der Waals surface area (Å²) >= 11 is 1.52. The van der Waals surface area contributed by atoms with Crippen LogP contribution in [0.15, 0.2) is 107 Å². The minimum absolute atomic E-state index is 0.00357. The highest BCUT2D eigenvalue weighted by Crippen LogP contribution is 2.42. The van der Waals surface area contributed by atoms with Gasteiger partial charge in [0.15, 0.2) is 5.78 Å². The van der Waals surface area contributed by atoms with Gasteiger partial charge in [0.2, 0.25) is 0 Å². The van der Waals surface area contributed by atoms with E-state index >= 15 is 0 Å². The fourth-order valence-electron chi connectivity index (χ4n) is 6.45. The quantitative estimate of drug-likeness (QED) is 0.132. The van der Waals surface area contributed by atoms with E-state index < -0.39 is 0 Å². The normalized spacial score (nSPS) is 16.6. The molecule has 0 atom stereocenters. The standard InChI is InChI=1S/C40H42N2O2S/c1-29-14-15-30(2)35(25-29)28-42-36-11-6-7-13-38(36)45-39(40(42)44)27-32-16-18-34(19-17-32)37(43)12-8-22-41-23-20-33(21-24-41)26-31-9-4-3-5-10-31/h3-7,9-11,13-19,25,27,33H,8,12,20-24,26,28H2,1-2H3/b39-27+. The molecule has 1 amide bonds. The molecule has 0 radical (unpaired) electrons. The number of fused-ring (bicyclic) bond motifs is 1. The lowest BCUT2D eigenvalue weighted by Crippen LogP contribution is -2.35. The van der Waals surface area contributed by atoms with Gasteiger partial charge in [-0.2, -0.15) is 0 Å². The Labute approximate surface area is 272 Å². The molecule has 0 N–H and O–H groups in total. The average Bonchev–Trinajstić information content (AvgIpc) is 3.06. The maximum Gasteiger partial charge on any atom is 0.265 e. The zero-order valence-electron chi connectivity index (χ0n) is 26.4. The smallest absolute Gasteiger partial charge is 0.265 e. The molecule has 0 aromatic heterocycles. The van der Waals surface area contributed by atoms with Crippen LogP contribution >= 0.6 is 11.8 Å². The van der Waals surface area contributed by atoms with Crippen LogP contribution in [-0.4, -0.2) is 36.2 Å². The number of piperidine rings is 1. The van der Waals surface area contributed by atoms with Gasteiger partial charge in [-0.25, -0.2) is 0 Å². The summed E-state index contributed by atoms with van der Waals surface area (Å²) in [6, 6.07) is 33.0. The van der Waals surface area contributed by atoms with Gasteiger partial charge < -0.3 is 9.80 Å². The summed E-state index contributed by atoms with van der Waals surface area (Å²) in [5, 5.41) is 0. The van der Waals surface area contributed by atoms with Gasteiger partial charge in [0.05, 0.1) is 17.1 Å². The molecule has 1 fully saturated rings. The van der Waals surface area contributed by atoms with Crippen LogP contribution in [-0.2, 0) is 17.8 Å². The zero-order chi connectivity index (χ0) is 31.2. The van der Waals surface area contributed by atoms with Crippen molar-refractivity contribution < 1.29 is 9.59 Å². The van der Waals surface area contributed by atoms with E-state index in [-0.39, 0.29) is 11.7 Å². The number of Topliss-reactive ketones (excluding diaryl/α,β-unsaturated/α-hetero) is 1. The molecule has 0 aliphatic carbocycles. The van der Waals surface area contributed by atoms with Crippen LogP contribution in [0.4, 0.5) is 5.69 Å². The lowest BCUT2D eigenvalue weighted by atomic mass is 9.90. The minimum Gasteiger partial charge on any atom is -0.303 e. The van der Waals surface area contributed by atoms with Crippen LogP contribution in [0.1, 0.15) is 63.9 Å². The molecule has 4 aromatic carbocycles. The Hall–Kier alpha value is -3.93. The molecule has 0 saturated carbocycles. The number of rotatable bonds is 10. The SMILES string of the molecule is Cc1ccc(C)c(CN2C(=O)/C(=C\c3ccc(C(=O)CCCN4CCC(Cc5ccccc5)CC4)cc3)Sc3ccccc32)c1. The van der Waals surface area contributed by atoms with Crippen LogP contribution in [0.25, 0.3) is 6.08 Å². The third-order valence-electron chi connectivity index (χ3n) is 9.15. The summed E-state index contributed by atoms with van der Waals surface area (Å²) in [5.41, 5.74) is 7.57. The molecule has 4 aromatic rings. The summed E-state index contributed by atoms with van der Waals surface area (Å²) in [5.74, 6) is 0.949. The number of aryl methyl sites for hydroxylation is 2. The molecular weight excluding hydrogens is 573 g/mol. The molecule has 0 spiro atoms. The Kier molecular flexibility index (Phi) is 9.97. The highest BCUT2D eigenvalue weighted by molar-refractivity contribution is 8.04. The molecule has 230 valence electrons. The largest absolute Gasteiger partial charge is 0.303 e. The second-order valence-electron chi connectivity index (χ2n) is 12.5. The Morgan fingerprint density at radius 3 is 2.40 bits per heavy atom. The van der Waals surface area contributed by atoms with Crippen molar-refractivity contribution in [3.63, 3.8) is 0 Å². The lowest BCUT2D eigenvalue weighted by Gasteiger charge is -2.32. The molecule has 2 aliphatic rings. The molecule has 0 unspecified atom stereocenters. The fourth-order valence-corrected chi connectivity index (χ4v) is 7.50. The van der Waals surface area contributed by atoms with Gasteiger partial charge in [-0.3, -0.25) is 9.59 Å². The van der Waals surface area contributed by atoms with Crippen molar-refractivity contribution in [1.82, 2.24) is 4.90 Å². The number of anilines is 1. The fraction of sp³-hybridized carbons (Fsp3) is 0.300. The van der Waals surface area contributed by atoms with E-state index in [9.17, 15) is 9.59 Å². The number of hydrogen-bond donors (Lipinski definition) is 0. The van der Waals surface area contributed by atoms with E-state index in [1.54, 1.807) is 0 Å².